The first-order valence-electron chi connectivity index (χ1n) is 6.98. The number of hydrogen-bond acceptors (Lipinski definition) is 4. The van der Waals surface area contributed by atoms with Crippen molar-refractivity contribution in [2.45, 2.75) is 29.5 Å². The molecule has 1 aliphatic rings. The van der Waals surface area contributed by atoms with Gasteiger partial charge in [0.25, 0.3) is 0 Å². The Bertz CT molecular complexity index is 552. The molecule has 0 aromatic heterocycles. The molecule has 1 aromatic carbocycles. The summed E-state index contributed by atoms with van der Waals surface area (Å²) in [5.74, 6) is -0.943. The predicted octanol–water partition coefficient (Wildman–Crippen LogP) is 3.05. The van der Waals surface area contributed by atoms with E-state index in [-0.39, 0.29) is 17.1 Å². The van der Waals surface area contributed by atoms with Gasteiger partial charge in [-0.05, 0) is 30.7 Å². The van der Waals surface area contributed by atoms with Crippen LogP contribution in [0.2, 0.25) is 5.02 Å². The Labute approximate surface area is 144 Å². The van der Waals surface area contributed by atoms with E-state index in [0.29, 0.717) is 23.7 Å². The molecule has 0 spiro atoms. The molecule has 1 saturated heterocycles. The third kappa shape index (κ3) is 4.12. The predicted molar refractivity (Wildman–Crippen MR) is 91.9 cm³/mol. The molecule has 1 fully saturated rings. The van der Waals surface area contributed by atoms with E-state index < -0.39 is 12.0 Å². The maximum absolute atomic E-state index is 12.3. The van der Waals surface area contributed by atoms with Crippen LogP contribution in [0.15, 0.2) is 29.2 Å². The van der Waals surface area contributed by atoms with E-state index in [1.807, 2.05) is 12.1 Å². The Kier molecular flexibility index (Phi) is 6.06. The number of carboxylic acids is 1. The van der Waals surface area contributed by atoms with Crippen LogP contribution in [0.3, 0.4) is 0 Å². The number of amides is 1. The van der Waals surface area contributed by atoms with Crippen LogP contribution in [0, 0.1) is 5.92 Å². The fraction of sp³-hybridized carbons (Fsp3) is 0.467. The van der Waals surface area contributed by atoms with Crippen molar-refractivity contribution in [2.75, 3.05) is 12.3 Å². The lowest BCUT2D eigenvalue weighted by atomic mass is 10.1. The quantitative estimate of drug-likeness (QED) is 0.793. The minimum Gasteiger partial charge on any atom is -0.480 e. The standard InChI is InChI=1S/C15H18ClNO3S2/c1-9(8-21)14(18)17-7-12(6-13(17)15(19)20)22-11-4-2-10(16)3-5-11/h2-5,9,12-13,21H,6-8H2,1H3,(H,19,20)/t9?,12-,13-/m0/s1. The number of likely N-dealkylation sites (tertiary alicyclic amines) is 1. The lowest BCUT2D eigenvalue weighted by Gasteiger charge is -2.24. The lowest BCUT2D eigenvalue weighted by molar-refractivity contribution is -0.149. The molecular formula is C15H18ClNO3S2. The summed E-state index contributed by atoms with van der Waals surface area (Å²) in [5.41, 5.74) is 0. The zero-order valence-electron chi connectivity index (χ0n) is 12.1. The molecule has 120 valence electrons. The second kappa shape index (κ2) is 7.62. The van der Waals surface area contributed by atoms with Crippen molar-refractivity contribution in [2.24, 2.45) is 5.92 Å². The van der Waals surface area contributed by atoms with Crippen LogP contribution in [-0.2, 0) is 9.59 Å². The fourth-order valence-corrected chi connectivity index (χ4v) is 3.90. The third-order valence-corrected chi connectivity index (χ3v) is 5.66. The van der Waals surface area contributed by atoms with Crippen LogP contribution >= 0.6 is 36.0 Å². The first kappa shape index (κ1) is 17.5. The van der Waals surface area contributed by atoms with Crippen molar-refractivity contribution in [3.05, 3.63) is 29.3 Å². The average Bonchev–Trinajstić information content (AvgIpc) is 2.92. The van der Waals surface area contributed by atoms with E-state index in [1.165, 1.54) is 4.90 Å². The molecule has 4 nitrogen and oxygen atoms in total. The summed E-state index contributed by atoms with van der Waals surface area (Å²) in [5, 5.41) is 10.1. The Hall–Kier alpha value is -0.850. The molecule has 1 aromatic rings. The summed E-state index contributed by atoms with van der Waals surface area (Å²) in [6, 6.07) is 6.67. The van der Waals surface area contributed by atoms with Crippen LogP contribution in [0.5, 0.6) is 0 Å². The zero-order chi connectivity index (χ0) is 16.3. The van der Waals surface area contributed by atoms with Gasteiger partial charge in [-0.25, -0.2) is 4.79 Å². The summed E-state index contributed by atoms with van der Waals surface area (Å²) < 4.78 is 0. The van der Waals surface area contributed by atoms with Gasteiger partial charge in [0.15, 0.2) is 0 Å². The molecule has 22 heavy (non-hydrogen) atoms. The molecule has 1 amide bonds. The molecule has 2 rings (SSSR count). The van der Waals surface area contributed by atoms with Crippen molar-refractivity contribution in [1.29, 1.82) is 0 Å². The number of thiol groups is 1. The first-order valence-corrected chi connectivity index (χ1v) is 8.87. The van der Waals surface area contributed by atoms with Gasteiger partial charge in [0.2, 0.25) is 5.91 Å². The first-order chi connectivity index (χ1) is 10.4. The zero-order valence-corrected chi connectivity index (χ0v) is 14.6. The second-order valence-electron chi connectivity index (χ2n) is 5.36. The van der Waals surface area contributed by atoms with E-state index in [1.54, 1.807) is 30.8 Å². The Morgan fingerprint density at radius 3 is 2.64 bits per heavy atom. The minimum atomic E-state index is -0.945. The van der Waals surface area contributed by atoms with Crippen molar-refractivity contribution in [1.82, 2.24) is 4.90 Å². The van der Waals surface area contributed by atoms with E-state index in [2.05, 4.69) is 12.6 Å². The number of carboxylic acid groups (broad SMARTS) is 1. The Morgan fingerprint density at radius 2 is 2.09 bits per heavy atom. The highest BCUT2D eigenvalue weighted by Gasteiger charge is 2.40. The molecule has 0 radical (unpaired) electrons. The molecule has 1 heterocycles. The van der Waals surface area contributed by atoms with Gasteiger partial charge in [-0.3, -0.25) is 4.79 Å². The van der Waals surface area contributed by atoms with Gasteiger partial charge in [0.1, 0.15) is 6.04 Å². The monoisotopic (exact) mass is 359 g/mol. The number of carbonyl (C=O) groups is 2. The molecule has 1 N–H and O–H groups in total. The van der Waals surface area contributed by atoms with Gasteiger partial charge in [-0.15, -0.1) is 11.8 Å². The molecular weight excluding hydrogens is 342 g/mol. The fourth-order valence-electron chi connectivity index (χ4n) is 2.43. The van der Waals surface area contributed by atoms with Crippen molar-refractivity contribution in [3.63, 3.8) is 0 Å². The highest BCUT2D eigenvalue weighted by Crippen LogP contribution is 2.34. The molecule has 1 aliphatic heterocycles. The Balaban J connectivity index is 2.08. The molecule has 0 aliphatic carbocycles. The van der Waals surface area contributed by atoms with Gasteiger partial charge in [-0.1, -0.05) is 18.5 Å². The number of carbonyl (C=O) groups excluding carboxylic acids is 1. The summed E-state index contributed by atoms with van der Waals surface area (Å²) in [6.45, 7) is 2.22. The van der Waals surface area contributed by atoms with Gasteiger partial charge in [0, 0.05) is 33.4 Å². The van der Waals surface area contributed by atoms with Crippen molar-refractivity contribution in [3.8, 4) is 0 Å². The molecule has 7 heteroatoms. The van der Waals surface area contributed by atoms with Crippen LogP contribution in [0.1, 0.15) is 13.3 Å². The summed E-state index contributed by atoms with van der Waals surface area (Å²) in [4.78, 5) is 26.3. The number of nitrogens with zero attached hydrogens (tertiary/aromatic N) is 1. The van der Waals surface area contributed by atoms with E-state index in [4.69, 9.17) is 11.6 Å². The average molecular weight is 360 g/mol. The number of rotatable bonds is 5. The number of thioether (sulfide) groups is 1. The lowest BCUT2D eigenvalue weighted by Crippen LogP contribution is -2.43. The number of hydrogen-bond donors (Lipinski definition) is 2. The minimum absolute atomic E-state index is 0.0679. The van der Waals surface area contributed by atoms with Crippen LogP contribution in [0.25, 0.3) is 0 Å². The number of benzene rings is 1. The van der Waals surface area contributed by atoms with Crippen molar-refractivity contribution >= 4 is 47.9 Å². The van der Waals surface area contributed by atoms with Crippen LogP contribution in [0.4, 0.5) is 0 Å². The van der Waals surface area contributed by atoms with Gasteiger partial charge in [0.05, 0.1) is 0 Å². The molecule has 0 saturated carbocycles. The highest BCUT2D eigenvalue weighted by atomic mass is 35.5. The van der Waals surface area contributed by atoms with E-state index in [9.17, 15) is 14.7 Å². The summed E-state index contributed by atoms with van der Waals surface area (Å²) in [7, 11) is 0. The van der Waals surface area contributed by atoms with E-state index >= 15 is 0 Å². The second-order valence-corrected chi connectivity index (χ2v) is 7.53. The Morgan fingerprint density at radius 1 is 1.45 bits per heavy atom. The molecule has 1 unspecified atom stereocenters. The largest absolute Gasteiger partial charge is 0.480 e. The normalized spacial score (nSPS) is 22.6. The third-order valence-electron chi connectivity index (χ3n) is 3.64. The maximum atomic E-state index is 12.3. The summed E-state index contributed by atoms with van der Waals surface area (Å²) in [6.07, 6.45) is 0.452. The van der Waals surface area contributed by atoms with Crippen molar-refractivity contribution < 1.29 is 14.7 Å². The number of aliphatic carboxylic acids is 1. The van der Waals surface area contributed by atoms with Crippen LogP contribution in [-0.4, -0.2) is 45.5 Å². The van der Waals surface area contributed by atoms with E-state index in [0.717, 1.165) is 4.90 Å². The highest BCUT2D eigenvalue weighted by molar-refractivity contribution is 8.00. The number of halogens is 1. The molecule has 3 atom stereocenters. The molecule has 0 bridgehead atoms. The maximum Gasteiger partial charge on any atom is 0.326 e. The summed E-state index contributed by atoms with van der Waals surface area (Å²) >= 11 is 11.6. The van der Waals surface area contributed by atoms with Gasteiger partial charge >= 0.3 is 5.97 Å². The van der Waals surface area contributed by atoms with Gasteiger partial charge in [-0.2, -0.15) is 12.6 Å². The topological polar surface area (TPSA) is 57.6 Å². The van der Waals surface area contributed by atoms with Crippen LogP contribution < -0.4 is 0 Å². The van der Waals surface area contributed by atoms with Gasteiger partial charge < -0.3 is 10.0 Å². The smallest absolute Gasteiger partial charge is 0.326 e. The SMILES string of the molecule is CC(CS)C(=O)N1C[C@@H](Sc2ccc(Cl)cc2)C[C@H]1C(=O)O.